The maximum absolute atomic E-state index is 12.8. The minimum atomic E-state index is -1.28. The van der Waals surface area contributed by atoms with E-state index in [1.165, 1.54) is 0 Å². The van der Waals surface area contributed by atoms with E-state index in [-0.39, 0.29) is 0 Å². The molecule has 3 nitrogen and oxygen atoms in total. The SMILES string of the molecule is O=C(O)N(P(c1ccccc1)c1ccccc1)P(c1ccccc1)c1ccccc1. The molecule has 0 fully saturated rings. The second kappa shape index (κ2) is 9.67. The van der Waals surface area contributed by atoms with Crippen molar-refractivity contribution in [2.75, 3.05) is 0 Å². The average Bonchev–Trinajstić information content (AvgIpc) is 2.81. The van der Waals surface area contributed by atoms with Crippen molar-refractivity contribution < 1.29 is 9.90 Å². The van der Waals surface area contributed by atoms with Crippen LogP contribution in [-0.4, -0.2) is 15.6 Å². The molecular formula is C25H21NO2P2. The van der Waals surface area contributed by atoms with Gasteiger partial charge in [0.05, 0.1) is 16.1 Å². The van der Waals surface area contributed by atoms with Crippen LogP contribution in [0.4, 0.5) is 4.79 Å². The number of amides is 1. The fourth-order valence-electron chi connectivity index (χ4n) is 3.27. The number of nitrogens with zero attached hydrogens (tertiary/aromatic N) is 1. The lowest BCUT2D eigenvalue weighted by atomic mass is 10.4. The van der Waals surface area contributed by atoms with E-state index >= 15 is 0 Å². The van der Waals surface area contributed by atoms with E-state index in [9.17, 15) is 9.90 Å². The third-order valence-electron chi connectivity index (χ3n) is 4.55. The summed E-state index contributed by atoms with van der Waals surface area (Å²) >= 11 is 0. The van der Waals surface area contributed by atoms with Crippen LogP contribution in [0.3, 0.4) is 0 Å². The summed E-state index contributed by atoms with van der Waals surface area (Å²) in [6.07, 6.45) is -0.910. The van der Waals surface area contributed by atoms with Crippen LogP contribution in [0.5, 0.6) is 0 Å². The molecule has 30 heavy (non-hydrogen) atoms. The summed E-state index contributed by atoms with van der Waals surface area (Å²) in [6, 6.07) is 39.8. The van der Waals surface area contributed by atoms with Crippen LogP contribution in [0.2, 0.25) is 0 Å². The van der Waals surface area contributed by atoms with E-state index in [1.54, 1.807) is 4.44 Å². The summed E-state index contributed by atoms with van der Waals surface area (Å²) in [5.41, 5.74) is 0. The number of carbonyl (C=O) groups is 1. The molecule has 0 unspecified atom stereocenters. The van der Waals surface area contributed by atoms with Crippen molar-refractivity contribution in [1.29, 1.82) is 0 Å². The maximum atomic E-state index is 12.8. The van der Waals surface area contributed by atoms with Gasteiger partial charge in [0, 0.05) is 21.2 Å². The van der Waals surface area contributed by atoms with Crippen molar-refractivity contribution in [3.05, 3.63) is 121 Å². The predicted molar refractivity (Wildman–Crippen MR) is 128 cm³/mol. The summed E-state index contributed by atoms with van der Waals surface area (Å²) < 4.78 is 1.69. The molecule has 0 spiro atoms. The molecule has 0 heterocycles. The molecule has 0 aromatic heterocycles. The Bertz CT molecular complexity index is 915. The quantitative estimate of drug-likeness (QED) is 0.435. The Labute approximate surface area is 179 Å². The first kappa shape index (κ1) is 20.3. The predicted octanol–water partition coefficient (Wildman–Crippen LogP) is 5.06. The van der Waals surface area contributed by atoms with Crippen LogP contribution in [-0.2, 0) is 0 Å². The first-order chi connectivity index (χ1) is 14.8. The van der Waals surface area contributed by atoms with Gasteiger partial charge in [0.2, 0.25) is 0 Å². The molecule has 4 rings (SSSR count). The summed E-state index contributed by atoms with van der Waals surface area (Å²) in [6.45, 7) is 0. The Balaban J connectivity index is 1.93. The van der Waals surface area contributed by atoms with Crippen molar-refractivity contribution in [2.24, 2.45) is 0 Å². The van der Waals surface area contributed by atoms with Crippen LogP contribution in [0, 0.1) is 0 Å². The van der Waals surface area contributed by atoms with Gasteiger partial charge >= 0.3 is 6.09 Å². The summed E-state index contributed by atoms with van der Waals surface area (Å²) in [5.74, 6) is 0. The Kier molecular flexibility index (Phi) is 6.54. The lowest BCUT2D eigenvalue weighted by Gasteiger charge is -2.36. The third-order valence-corrected chi connectivity index (χ3v) is 9.88. The molecule has 1 N–H and O–H groups in total. The van der Waals surface area contributed by atoms with Crippen LogP contribution >= 0.6 is 16.1 Å². The highest BCUT2D eigenvalue weighted by Gasteiger charge is 2.35. The number of hydrogen-bond donors (Lipinski definition) is 1. The maximum Gasteiger partial charge on any atom is 0.415 e. The molecule has 0 bridgehead atoms. The van der Waals surface area contributed by atoms with Crippen LogP contribution < -0.4 is 21.2 Å². The van der Waals surface area contributed by atoms with E-state index in [2.05, 4.69) is 0 Å². The summed E-state index contributed by atoms with van der Waals surface area (Å²) in [5, 5.41) is 14.6. The molecular weight excluding hydrogens is 408 g/mol. The van der Waals surface area contributed by atoms with Gasteiger partial charge in [-0.1, -0.05) is 121 Å². The molecule has 0 aliphatic heterocycles. The number of rotatable bonds is 6. The summed E-state index contributed by atoms with van der Waals surface area (Å²) in [4.78, 5) is 12.8. The monoisotopic (exact) mass is 429 g/mol. The van der Waals surface area contributed by atoms with Gasteiger partial charge in [0.15, 0.2) is 0 Å². The standard InChI is InChI=1S/C25H21NO2P2/c27-25(28)26(29(21-13-5-1-6-14-21)22-15-7-2-8-16-22)30(23-17-9-3-10-18-23)24-19-11-4-12-20-24/h1-20H,(H,27,28). The minimum absolute atomic E-state index is 0.910. The molecule has 0 saturated heterocycles. The molecule has 4 aromatic carbocycles. The number of benzene rings is 4. The average molecular weight is 429 g/mol. The lowest BCUT2D eigenvalue weighted by molar-refractivity contribution is 0.189. The van der Waals surface area contributed by atoms with Crippen molar-refractivity contribution >= 4 is 43.5 Å². The smallest absolute Gasteiger partial charge is 0.415 e. The zero-order chi connectivity index (χ0) is 20.8. The van der Waals surface area contributed by atoms with Gasteiger partial charge in [-0.3, -0.25) is 0 Å². The normalized spacial score (nSPS) is 10.9. The van der Waals surface area contributed by atoms with Crippen molar-refractivity contribution in [2.45, 2.75) is 0 Å². The van der Waals surface area contributed by atoms with Gasteiger partial charge in [-0.25, -0.2) is 9.24 Å². The molecule has 0 atom stereocenters. The van der Waals surface area contributed by atoms with E-state index < -0.39 is 22.2 Å². The minimum Gasteiger partial charge on any atom is -0.464 e. The highest BCUT2D eigenvalue weighted by molar-refractivity contribution is 7.85. The lowest BCUT2D eigenvalue weighted by Crippen LogP contribution is -2.34. The fraction of sp³-hybridized carbons (Fsp3) is 0. The highest BCUT2D eigenvalue weighted by atomic mass is 31.2. The molecule has 0 aliphatic carbocycles. The highest BCUT2D eigenvalue weighted by Crippen LogP contribution is 2.54. The van der Waals surface area contributed by atoms with Gasteiger partial charge in [0.1, 0.15) is 0 Å². The fourth-order valence-corrected chi connectivity index (χ4v) is 8.86. The van der Waals surface area contributed by atoms with Crippen molar-refractivity contribution in [3.8, 4) is 0 Å². The third kappa shape index (κ3) is 4.44. The van der Waals surface area contributed by atoms with Gasteiger partial charge in [-0.15, -0.1) is 0 Å². The zero-order valence-corrected chi connectivity index (χ0v) is 18.0. The second-order valence-electron chi connectivity index (χ2n) is 6.54. The molecule has 1 amide bonds. The Morgan fingerprint density at radius 3 is 0.933 bits per heavy atom. The van der Waals surface area contributed by atoms with E-state index in [0.29, 0.717) is 0 Å². The topological polar surface area (TPSA) is 40.5 Å². The molecule has 5 heteroatoms. The van der Waals surface area contributed by atoms with E-state index in [4.69, 9.17) is 0 Å². The van der Waals surface area contributed by atoms with Crippen LogP contribution in [0.15, 0.2) is 121 Å². The largest absolute Gasteiger partial charge is 0.464 e. The van der Waals surface area contributed by atoms with Gasteiger partial charge in [-0.2, -0.15) is 0 Å². The number of carboxylic acid groups (broad SMARTS) is 1. The van der Waals surface area contributed by atoms with E-state index in [1.807, 2.05) is 121 Å². The van der Waals surface area contributed by atoms with Crippen LogP contribution in [0.25, 0.3) is 0 Å². The number of hydrogen-bond acceptors (Lipinski definition) is 1. The Morgan fingerprint density at radius 1 is 0.500 bits per heavy atom. The van der Waals surface area contributed by atoms with Gasteiger partial charge in [0.25, 0.3) is 0 Å². The second-order valence-corrected chi connectivity index (χ2v) is 11.0. The van der Waals surface area contributed by atoms with Gasteiger partial charge in [-0.05, 0) is 0 Å². The Hall–Kier alpha value is -2.99. The van der Waals surface area contributed by atoms with Crippen LogP contribution in [0.1, 0.15) is 0 Å². The Morgan fingerprint density at radius 2 is 0.733 bits per heavy atom. The first-order valence-electron chi connectivity index (χ1n) is 9.59. The molecule has 4 aromatic rings. The summed E-state index contributed by atoms with van der Waals surface area (Å²) in [7, 11) is -2.56. The first-order valence-corrected chi connectivity index (χ1v) is 12.2. The molecule has 148 valence electrons. The van der Waals surface area contributed by atoms with E-state index in [0.717, 1.165) is 21.2 Å². The zero-order valence-electron chi connectivity index (χ0n) is 16.2. The van der Waals surface area contributed by atoms with Crippen molar-refractivity contribution in [1.82, 2.24) is 4.44 Å². The molecule has 0 saturated carbocycles. The van der Waals surface area contributed by atoms with Crippen molar-refractivity contribution in [3.63, 3.8) is 0 Å². The molecule has 0 aliphatic rings. The van der Waals surface area contributed by atoms with Gasteiger partial charge < -0.3 is 5.11 Å². The molecule has 0 radical (unpaired) electrons.